The number of nitrogens with zero attached hydrogens (tertiary/aromatic N) is 1. The molecule has 2 N–H and O–H groups in total. The van der Waals surface area contributed by atoms with Crippen LogP contribution in [0.15, 0.2) is 24.3 Å². The number of carbonyl (C=O) groups is 2. The van der Waals surface area contributed by atoms with Crippen LogP contribution in [0.3, 0.4) is 0 Å². The summed E-state index contributed by atoms with van der Waals surface area (Å²) < 4.78 is 5.13. The second-order valence-electron chi connectivity index (χ2n) is 6.89. The number of nitrogens with one attached hydrogen (secondary N) is 2. The summed E-state index contributed by atoms with van der Waals surface area (Å²) in [5.41, 5.74) is 1.61. The molecule has 3 amide bonds. The molecule has 24 heavy (non-hydrogen) atoms. The van der Waals surface area contributed by atoms with Crippen molar-refractivity contribution in [3.05, 3.63) is 29.8 Å². The second-order valence-corrected chi connectivity index (χ2v) is 6.89. The first-order valence-electron chi connectivity index (χ1n) is 8.06. The highest BCUT2D eigenvalue weighted by Gasteiger charge is 2.18. The SMILES string of the molecule is COCC(C)(C)CNC(=O)Nc1cccc(CCC(=O)N(C)C)c1. The molecule has 0 radical (unpaired) electrons. The molecular formula is C18H29N3O3. The monoisotopic (exact) mass is 335 g/mol. The molecule has 0 aliphatic rings. The predicted octanol–water partition coefficient (Wildman–Crippen LogP) is 2.50. The van der Waals surface area contributed by atoms with E-state index in [1.54, 1.807) is 26.1 Å². The Morgan fingerprint density at radius 1 is 1.25 bits per heavy atom. The van der Waals surface area contributed by atoms with Gasteiger partial charge in [0.15, 0.2) is 0 Å². The van der Waals surface area contributed by atoms with E-state index in [9.17, 15) is 9.59 Å². The van der Waals surface area contributed by atoms with E-state index in [-0.39, 0.29) is 17.4 Å². The maximum atomic E-state index is 12.0. The Morgan fingerprint density at radius 3 is 2.58 bits per heavy atom. The molecule has 1 aromatic rings. The van der Waals surface area contributed by atoms with E-state index in [1.807, 2.05) is 38.1 Å². The Bertz CT molecular complexity index is 556. The largest absolute Gasteiger partial charge is 0.384 e. The molecular weight excluding hydrogens is 306 g/mol. The zero-order valence-corrected chi connectivity index (χ0v) is 15.3. The number of anilines is 1. The highest BCUT2D eigenvalue weighted by atomic mass is 16.5. The van der Waals surface area contributed by atoms with Crippen molar-refractivity contribution in [2.75, 3.05) is 39.7 Å². The molecule has 0 saturated carbocycles. The van der Waals surface area contributed by atoms with Gasteiger partial charge in [0.05, 0.1) is 6.61 Å². The zero-order valence-electron chi connectivity index (χ0n) is 15.3. The van der Waals surface area contributed by atoms with Crippen LogP contribution >= 0.6 is 0 Å². The maximum absolute atomic E-state index is 12.0. The van der Waals surface area contributed by atoms with E-state index >= 15 is 0 Å². The van der Waals surface area contributed by atoms with Gasteiger partial charge in [0.2, 0.25) is 5.91 Å². The van der Waals surface area contributed by atoms with Crippen molar-refractivity contribution < 1.29 is 14.3 Å². The quantitative estimate of drug-likeness (QED) is 0.767. The van der Waals surface area contributed by atoms with Crippen LogP contribution in [0.2, 0.25) is 0 Å². The number of carbonyl (C=O) groups excluding carboxylic acids is 2. The minimum absolute atomic E-state index is 0.0893. The van der Waals surface area contributed by atoms with Gasteiger partial charge in [-0.05, 0) is 24.1 Å². The van der Waals surface area contributed by atoms with Crippen LogP contribution in [-0.4, -0.2) is 51.2 Å². The van der Waals surface area contributed by atoms with E-state index in [0.29, 0.717) is 31.7 Å². The molecule has 0 heterocycles. The lowest BCUT2D eigenvalue weighted by Gasteiger charge is -2.23. The number of urea groups is 1. The molecule has 0 aromatic heterocycles. The molecule has 0 unspecified atom stereocenters. The molecule has 134 valence electrons. The van der Waals surface area contributed by atoms with Gasteiger partial charge < -0.3 is 20.3 Å². The van der Waals surface area contributed by atoms with Crippen molar-refractivity contribution in [1.82, 2.24) is 10.2 Å². The van der Waals surface area contributed by atoms with Gasteiger partial charge in [-0.1, -0.05) is 26.0 Å². The first-order chi connectivity index (χ1) is 11.2. The highest BCUT2D eigenvalue weighted by molar-refractivity contribution is 5.89. The summed E-state index contributed by atoms with van der Waals surface area (Å²) >= 11 is 0. The summed E-state index contributed by atoms with van der Waals surface area (Å²) in [6.45, 7) is 5.14. The number of hydrogen-bond donors (Lipinski definition) is 2. The summed E-state index contributed by atoms with van der Waals surface area (Å²) in [5, 5.41) is 5.67. The summed E-state index contributed by atoms with van der Waals surface area (Å²) in [6.07, 6.45) is 1.10. The van der Waals surface area contributed by atoms with Crippen molar-refractivity contribution in [2.45, 2.75) is 26.7 Å². The van der Waals surface area contributed by atoms with E-state index < -0.39 is 0 Å². The number of methoxy groups -OCH3 is 1. The average molecular weight is 335 g/mol. The van der Waals surface area contributed by atoms with Crippen molar-refractivity contribution in [2.24, 2.45) is 5.41 Å². The standard InChI is InChI=1S/C18H29N3O3/c1-18(2,13-24-5)12-19-17(23)20-15-8-6-7-14(11-15)9-10-16(22)21(3)4/h6-8,11H,9-10,12-13H2,1-5H3,(H2,19,20,23). The Hall–Kier alpha value is -2.08. The predicted molar refractivity (Wildman–Crippen MR) is 96.1 cm³/mol. The Kier molecular flexibility index (Phi) is 7.71. The third-order valence-corrected chi connectivity index (χ3v) is 3.57. The van der Waals surface area contributed by atoms with E-state index in [0.717, 1.165) is 5.56 Å². The summed E-state index contributed by atoms with van der Waals surface area (Å²) in [6, 6.07) is 7.30. The fourth-order valence-corrected chi connectivity index (χ4v) is 2.22. The maximum Gasteiger partial charge on any atom is 0.319 e. The first-order valence-corrected chi connectivity index (χ1v) is 8.06. The van der Waals surface area contributed by atoms with Crippen LogP contribution in [0.1, 0.15) is 25.8 Å². The molecule has 0 spiro atoms. The van der Waals surface area contributed by atoms with Crippen LogP contribution < -0.4 is 10.6 Å². The van der Waals surface area contributed by atoms with Crippen molar-refractivity contribution in [1.29, 1.82) is 0 Å². The van der Waals surface area contributed by atoms with Gasteiger partial charge in [-0.25, -0.2) is 4.79 Å². The normalized spacial score (nSPS) is 11.0. The second kappa shape index (κ2) is 9.27. The van der Waals surface area contributed by atoms with Gasteiger partial charge in [-0.2, -0.15) is 0 Å². The Morgan fingerprint density at radius 2 is 1.96 bits per heavy atom. The third kappa shape index (κ3) is 7.46. The molecule has 0 saturated heterocycles. The van der Waals surface area contributed by atoms with Crippen LogP contribution in [0.5, 0.6) is 0 Å². The van der Waals surface area contributed by atoms with E-state index in [1.165, 1.54) is 0 Å². The van der Waals surface area contributed by atoms with Crippen LogP contribution in [0, 0.1) is 5.41 Å². The summed E-state index contributed by atoms with van der Waals surface area (Å²) in [5.74, 6) is 0.0893. The molecule has 6 heteroatoms. The Labute approximate surface area is 144 Å². The molecule has 1 aromatic carbocycles. The van der Waals surface area contributed by atoms with Crippen molar-refractivity contribution in [3.63, 3.8) is 0 Å². The minimum atomic E-state index is -0.249. The van der Waals surface area contributed by atoms with Gasteiger partial charge in [0, 0.05) is 45.3 Å². The van der Waals surface area contributed by atoms with Gasteiger partial charge in [-0.15, -0.1) is 0 Å². The van der Waals surface area contributed by atoms with Crippen LogP contribution in [0.25, 0.3) is 0 Å². The number of aryl methyl sites for hydroxylation is 1. The number of benzene rings is 1. The Balaban J connectivity index is 2.52. The molecule has 1 rings (SSSR count). The lowest BCUT2D eigenvalue weighted by atomic mass is 9.95. The third-order valence-electron chi connectivity index (χ3n) is 3.57. The summed E-state index contributed by atoms with van der Waals surface area (Å²) in [7, 11) is 5.14. The molecule has 0 aliphatic heterocycles. The van der Waals surface area contributed by atoms with Gasteiger partial charge in [0.25, 0.3) is 0 Å². The van der Waals surface area contributed by atoms with E-state index in [2.05, 4.69) is 10.6 Å². The number of hydrogen-bond acceptors (Lipinski definition) is 3. The average Bonchev–Trinajstić information content (AvgIpc) is 2.51. The lowest BCUT2D eigenvalue weighted by Crippen LogP contribution is -2.38. The van der Waals surface area contributed by atoms with Gasteiger partial charge in [0.1, 0.15) is 0 Å². The fraction of sp³-hybridized carbons (Fsp3) is 0.556. The molecule has 0 atom stereocenters. The van der Waals surface area contributed by atoms with Crippen LogP contribution in [-0.2, 0) is 16.0 Å². The fourth-order valence-electron chi connectivity index (χ4n) is 2.22. The smallest absolute Gasteiger partial charge is 0.319 e. The topological polar surface area (TPSA) is 70.7 Å². The highest BCUT2D eigenvalue weighted by Crippen LogP contribution is 2.15. The van der Waals surface area contributed by atoms with Crippen molar-refractivity contribution in [3.8, 4) is 0 Å². The molecule has 6 nitrogen and oxygen atoms in total. The first kappa shape index (κ1) is 20.0. The molecule has 0 bridgehead atoms. The number of ether oxygens (including phenoxy) is 1. The van der Waals surface area contributed by atoms with Crippen molar-refractivity contribution >= 4 is 17.6 Å². The van der Waals surface area contributed by atoms with E-state index in [4.69, 9.17) is 4.74 Å². The lowest BCUT2D eigenvalue weighted by molar-refractivity contribution is -0.128. The number of rotatable bonds is 8. The minimum Gasteiger partial charge on any atom is -0.384 e. The van der Waals surface area contributed by atoms with Gasteiger partial charge in [-0.3, -0.25) is 4.79 Å². The zero-order chi connectivity index (χ0) is 18.2. The van der Waals surface area contributed by atoms with Gasteiger partial charge >= 0.3 is 6.03 Å². The number of amides is 3. The molecule has 0 fully saturated rings. The summed E-state index contributed by atoms with van der Waals surface area (Å²) in [4.78, 5) is 25.2. The van der Waals surface area contributed by atoms with Crippen LogP contribution in [0.4, 0.5) is 10.5 Å². The molecule has 0 aliphatic carbocycles.